The van der Waals surface area contributed by atoms with Gasteiger partial charge in [-0.15, -0.1) is 0 Å². The summed E-state index contributed by atoms with van der Waals surface area (Å²) < 4.78 is 50.7. The van der Waals surface area contributed by atoms with Crippen LogP contribution in [0.25, 0.3) is 0 Å². The molecule has 0 saturated carbocycles. The fourth-order valence-corrected chi connectivity index (χ4v) is 1.94. The van der Waals surface area contributed by atoms with Crippen LogP contribution in [-0.2, 0) is 6.18 Å². The van der Waals surface area contributed by atoms with Gasteiger partial charge in [-0.1, -0.05) is 0 Å². The summed E-state index contributed by atoms with van der Waals surface area (Å²) in [5.74, 6) is -0.576. The van der Waals surface area contributed by atoms with Crippen molar-refractivity contribution >= 4 is 0 Å². The highest BCUT2D eigenvalue weighted by molar-refractivity contribution is 5.30. The van der Waals surface area contributed by atoms with E-state index in [0.717, 1.165) is 31.2 Å². The summed E-state index contributed by atoms with van der Waals surface area (Å²) in [6.07, 6.45) is -2.88. The zero-order valence-corrected chi connectivity index (χ0v) is 8.44. The first-order valence-corrected chi connectivity index (χ1v) is 5.08. The third-order valence-corrected chi connectivity index (χ3v) is 2.76. The average molecular weight is 233 g/mol. The lowest BCUT2D eigenvalue weighted by molar-refractivity contribution is -0.137. The maximum atomic E-state index is 13.4. The predicted octanol–water partition coefficient (Wildman–Crippen LogP) is 3.27. The van der Waals surface area contributed by atoms with E-state index in [2.05, 4.69) is 5.32 Å². The van der Waals surface area contributed by atoms with Crippen molar-refractivity contribution in [1.82, 2.24) is 5.32 Å². The Bertz CT molecular complexity index is 380. The van der Waals surface area contributed by atoms with Crippen LogP contribution in [-0.4, -0.2) is 6.54 Å². The summed E-state index contributed by atoms with van der Waals surface area (Å²) in [6.45, 7) is 0.723. The van der Waals surface area contributed by atoms with Gasteiger partial charge in [-0.3, -0.25) is 0 Å². The SMILES string of the molecule is Fc1ccc(C(F)(F)F)cc1C1CCCN1. The molecule has 0 aliphatic carbocycles. The Kier molecular flexibility index (Phi) is 2.88. The van der Waals surface area contributed by atoms with Gasteiger partial charge in [-0.05, 0) is 37.6 Å². The molecular weight excluding hydrogens is 222 g/mol. The second-order valence-corrected chi connectivity index (χ2v) is 3.88. The van der Waals surface area contributed by atoms with E-state index >= 15 is 0 Å². The van der Waals surface area contributed by atoms with Gasteiger partial charge in [0, 0.05) is 11.6 Å². The lowest BCUT2D eigenvalue weighted by Gasteiger charge is -2.14. The van der Waals surface area contributed by atoms with Gasteiger partial charge in [0.25, 0.3) is 0 Å². The molecule has 0 bridgehead atoms. The first-order valence-electron chi connectivity index (χ1n) is 5.08. The first kappa shape index (κ1) is 11.4. The molecule has 1 nitrogen and oxygen atoms in total. The van der Waals surface area contributed by atoms with Gasteiger partial charge in [0.15, 0.2) is 0 Å². The minimum absolute atomic E-state index is 0.118. The zero-order valence-electron chi connectivity index (χ0n) is 8.44. The molecule has 0 aromatic heterocycles. The Balaban J connectivity index is 2.36. The molecule has 1 aromatic carbocycles. The lowest BCUT2D eigenvalue weighted by Crippen LogP contribution is -2.16. The van der Waals surface area contributed by atoms with E-state index in [4.69, 9.17) is 0 Å². The van der Waals surface area contributed by atoms with Crippen LogP contribution < -0.4 is 5.32 Å². The largest absolute Gasteiger partial charge is 0.416 e. The highest BCUT2D eigenvalue weighted by Gasteiger charge is 2.32. The van der Waals surface area contributed by atoms with Gasteiger partial charge in [0.05, 0.1) is 5.56 Å². The molecule has 1 heterocycles. The highest BCUT2D eigenvalue weighted by atomic mass is 19.4. The quantitative estimate of drug-likeness (QED) is 0.734. The summed E-state index contributed by atoms with van der Waals surface area (Å²) in [5, 5.41) is 2.99. The van der Waals surface area contributed by atoms with Crippen LogP contribution in [0.15, 0.2) is 18.2 Å². The Morgan fingerprint density at radius 2 is 2.00 bits per heavy atom. The van der Waals surface area contributed by atoms with Gasteiger partial charge >= 0.3 is 6.18 Å². The average Bonchev–Trinajstić information content (AvgIpc) is 2.69. The molecule has 0 amide bonds. The third-order valence-electron chi connectivity index (χ3n) is 2.76. The number of nitrogens with one attached hydrogen (secondary N) is 1. The third kappa shape index (κ3) is 2.19. The van der Waals surface area contributed by atoms with Crippen molar-refractivity contribution in [1.29, 1.82) is 0 Å². The van der Waals surface area contributed by atoms with Crippen LogP contribution in [0.4, 0.5) is 17.6 Å². The summed E-state index contributed by atoms with van der Waals surface area (Å²) in [4.78, 5) is 0. The van der Waals surface area contributed by atoms with E-state index in [0.29, 0.717) is 6.42 Å². The number of benzene rings is 1. The molecule has 1 unspecified atom stereocenters. The maximum absolute atomic E-state index is 13.4. The summed E-state index contributed by atoms with van der Waals surface area (Å²) in [7, 11) is 0. The molecule has 16 heavy (non-hydrogen) atoms. The Hall–Kier alpha value is -1.10. The van der Waals surface area contributed by atoms with Crippen LogP contribution in [0, 0.1) is 5.82 Å². The standard InChI is InChI=1S/C11H11F4N/c12-9-4-3-7(11(13,14)15)6-8(9)10-2-1-5-16-10/h3-4,6,10,16H,1-2,5H2. The van der Waals surface area contributed by atoms with E-state index in [9.17, 15) is 17.6 Å². The van der Waals surface area contributed by atoms with Gasteiger partial charge in [-0.2, -0.15) is 13.2 Å². The van der Waals surface area contributed by atoms with E-state index in [1.807, 2.05) is 0 Å². The van der Waals surface area contributed by atoms with E-state index < -0.39 is 17.6 Å². The van der Waals surface area contributed by atoms with Crippen LogP contribution in [0.2, 0.25) is 0 Å². The van der Waals surface area contributed by atoms with Gasteiger partial charge in [-0.25, -0.2) is 4.39 Å². The Morgan fingerprint density at radius 3 is 2.56 bits per heavy atom. The molecule has 1 aliphatic rings. The van der Waals surface area contributed by atoms with Crippen LogP contribution in [0.3, 0.4) is 0 Å². The second kappa shape index (κ2) is 4.05. The Morgan fingerprint density at radius 1 is 1.25 bits per heavy atom. The molecule has 0 spiro atoms. The molecule has 1 N–H and O–H groups in total. The number of hydrogen-bond donors (Lipinski definition) is 1. The number of hydrogen-bond acceptors (Lipinski definition) is 1. The van der Waals surface area contributed by atoms with Gasteiger partial charge < -0.3 is 5.32 Å². The number of alkyl halides is 3. The van der Waals surface area contributed by atoms with E-state index in [1.165, 1.54) is 0 Å². The minimum atomic E-state index is -4.42. The molecule has 5 heteroatoms. The molecule has 1 atom stereocenters. The van der Waals surface area contributed by atoms with E-state index in [-0.39, 0.29) is 11.6 Å². The monoisotopic (exact) mass is 233 g/mol. The Labute approximate surface area is 90.5 Å². The molecule has 1 aliphatic heterocycles. The highest BCUT2D eigenvalue weighted by Crippen LogP contribution is 2.33. The number of rotatable bonds is 1. The molecular formula is C11H11F4N. The van der Waals surface area contributed by atoms with Crippen molar-refractivity contribution in [2.45, 2.75) is 25.1 Å². The smallest absolute Gasteiger partial charge is 0.310 e. The molecule has 88 valence electrons. The molecule has 1 aromatic rings. The van der Waals surface area contributed by atoms with Crippen molar-refractivity contribution in [2.75, 3.05) is 6.54 Å². The summed E-state index contributed by atoms with van der Waals surface area (Å²) >= 11 is 0. The fraction of sp³-hybridized carbons (Fsp3) is 0.455. The van der Waals surface area contributed by atoms with Crippen molar-refractivity contribution in [3.63, 3.8) is 0 Å². The molecule has 0 radical (unpaired) electrons. The van der Waals surface area contributed by atoms with Crippen molar-refractivity contribution in [3.8, 4) is 0 Å². The zero-order chi connectivity index (χ0) is 11.8. The fourth-order valence-electron chi connectivity index (χ4n) is 1.94. The number of halogens is 4. The first-order chi connectivity index (χ1) is 7.48. The molecule has 1 fully saturated rings. The summed E-state index contributed by atoms with van der Waals surface area (Å²) in [6, 6.07) is 2.27. The topological polar surface area (TPSA) is 12.0 Å². The van der Waals surface area contributed by atoms with Gasteiger partial charge in [0.2, 0.25) is 0 Å². The lowest BCUT2D eigenvalue weighted by atomic mass is 10.0. The second-order valence-electron chi connectivity index (χ2n) is 3.88. The van der Waals surface area contributed by atoms with E-state index in [1.54, 1.807) is 0 Å². The minimum Gasteiger partial charge on any atom is -0.310 e. The van der Waals surface area contributed by atoms with Crippen molar-refractivity contribution in [2.24, 2.45) is 0 Å². The van der Waals surface area contributed by atoms with Crippen LogP contribution >= 0.6 is 0 Å². The van der Waals surface area contributed by atoms with Crippen LogP contribution in [0.1, 0.15) is 30.0 Å². The van der Waals surface area contributed by atoms with Crippen molar-refractivity contribution in [3.05, 3.63) is 35.1 Å². The van der Waals surface area contributed by atoms with Gasteiger partial charge in [0.1, 0.15) is 5.82 Å². The normalized spacial score (nSPS) is 21.4. The molecule has 1 saturated heterocycles. The molecule has 2 rings (SSSR count). The predicted molar refractivity (Wildman–Crippen MR) is 51.4 cm³/mol. The maximum Gasteiger partial charge on any atom is 0.416 e. The summed E-state index contributed by atoms with van der Waals surface area (Å²) in [5.41, 5.74) is -0.676. The van der Waals surface area contributed by atoms with Crippen molar-refractivity contribution < 1.29 is 17.6 Å². The van der Waals surface area contributed by atoms with Crippen LogP contribution in [0.5, 0.6) is 0 Å².